The minimum Gasteiger partial charge on any atom is -0.358 e. The van der Waals surface area contributed by atoms with E-state index >= 15 is 0 Å². The predicted octanol–water partition coefficient (Wildman–Crippen LogP) is 4.20. The van der Waals surface area contributed by atoms with Crippen molar-refractivity contribution in [2.45, 2.75) is 41.5 Å². The molecule has 114 valence electrons. The van der Waals surface area contributed by atoms with Gasteiger partial charge in [-0.05, 0) is 48.9 Å². The third-order valence-corrected chi connectivity index (χ3v) is 4.84. The zero-order valence-corrected chi connectivity index (χ0v) is 13.9. The van der Waals surface area contributed by atoms with Gasteiger partial charge in [0, 0.05) is 28.7 Å². The summed E-state index contributed by atoms with van der Waals surface area (Å²) in [6.07, 6.45) is 0. The van der Waals surface area contributed by atoms with E-state index < -0.39 is 0 Å². The molecule has 0 radical (unpaired) electrons. The van der Waals surface area contributed by atoms with Gasteiger partial charge in [0.05, 0.1) is 0 Å². The molecule has 0 spiro atoms. The Bertz CT molecular complexity index is 665. The Labute approximate surface area is 127 Å². The van der Waals surface area contributed by atoms with E-state index in [0.717, 1.165) is 22.2 Å². The van der Waals surface area contributed by atoms with E-state index in [9.17, 15) is 4.79 Å². The topological polar surface area (TPSA) is 44.9 Å². The number of fused-ring (bicyclic) bond motifs is 1. The number of rotatable bonds is 4. The van der Waals surface area contributed by atoms with Crippen LogP contribution >= 0.6 is 0 Å². The average molecular weight is 286 g/mol. The van der Waals surface area contributed by atoms with Gasteiger partial charge in [0.15, 0.2) is 0 Å². The first-order valence-corrected chi connectivity index (χ1v) is 7.59. The lowest BCUT2D eigenvalue weighted by Crippen LogP contribution is -2.36. The van der Waals surface area contributed by atoms with Crippen molar-refractivity contribution in [2.24, 2.45) is 11.3 Å². The molecule has 1 amide bonds. The monoisotopic (exact) mass is 286 g/mol. The van der Waals surface area contributed by atoms with Crippen molar-refractivity contribution < 1.29 is 4.79 Å². The molecule has 2 aromatic rings. The second kappa shape index (κ2) is 5.55. The fourth-order valence-electron chi connectivity index (χ4n) is 2.22. The summed E-state index contributed by atoms with van der Waals surface area (Å²) in [5.74, 6) is 0.527. The summed E-state index contributed by atoms with van der Waals surface area (Å²) < 4.78 is 0. The van der Waals surface area contributed by atoms with Crippen LogP contribution in [0, 0.1) is 25.2 Å². The highest BCUT2D eigenvalue weighted by atomic mass is 16.1. The highest BCUT2D eigenvalue weighted by Crippen LogP contribution is 2.25. The number of nitrogens with one attached hydrogen (secondary N) is 2. The quantitative estimate of drug-likeness (QED) is 0.869. The molecule has 1 heterocycles. The van der Waals surface area contributed by atoms with Crippen LogP contribution in [-0.2, 0) is 0 Å². The van der Waals surface area contributed by atoms with Gasteiger partial charge in [-0.2, -0.15) is 0 Å². The van der Waals surface area contributed by atoms with Crippen LogP contribution in [0.1, 0.15) is 49.3 Å². The molecular weight excluding hydrogens is 260 g/mol. The van der Waals surface area contributed by atoms with E-state index in [1.807, 2.05) is 18.2 Å². The molecule has 2 N–H and O–H groups in total. The number of aromatic amines is 1. The van der Waals surface area contributed by atoms with Crippen molar-refractivity contribution in [2.75, 3.05) is 6.54 Å². The Morgan fingerprint density at radius 1 is 1.29 bits per heavy atom. The maximum atomic E-state index is 12.4. The maximum absolute atomic E-state index is 12.4. The minimum atomic E-state index is 0.00359. The Morgan fingerprint density at radius 3 is 2.57 bits per heavy atom. The molecule has 0 aliphatic heterocycles. The van der Waals surface area contributed by atoms with Gasteiger partial charge in [-0.15, -0.1) is 0 Å². The smallest absolute Gasteiger partial charge is 0.251 e. The third kappa shape index (κ3) is 3.12. The van der Waals surface area contributed by atoms with Crippen LogP contribution in [-0.4, -0.2) is 17.4 Å². The molecule has 3 heteroatoms. The number of amides is 1. The maximum Gasteiger partial charge on any atom is 0.251 e. The van der Waals surface area contributed by atoms with E-state index in [0.29, 0.717) is 12.5 Å². The first-order valence-electron chi connectivity index (χ1n) is 7.59. The summed E-state index contributed by atoms with van der Waals surface area (Å²) in [5, 5.41) is 4.19. The second-order valence-corrected chi connectivity index (χ2v) is 6.96. The highest BCUT2D eigenvalue weighted by Gasteiger charge is 2.23. The fourth-order valence-corrected chi connectivity index (χ4v) is 2.22. The molecular formula is C18H26N2O. The first-order chi connectivity index (χ1) is 9.72. The van der Waals surface area contributed by atoms with E-state index in [-0.39, 0.29) is 11.3 Å². The van der Waals surface area contributed by atoms with Gasteiger partial charge in [0.25, 0.3) is 5.91 Å². The number of H-pyrrole nitrogens is 1. The number of carbonyl (C=O) groups is 1. The summed E-state index contributed by atoms with van der Waals surface area (Å²) in [7, 11) is 0. The SMILES string of the molecule is Cc1[nH]c2ccc(C(=O)NCC(C)(C)C(C)C)cc2c1C. The standard InChI is InChI=1S/C18H26N2O/c1-11(2)18(5,6)10-19-17(21)14-7-8-16-15(9-14)12(3)13(4)20-16/h7-9,11,20H,10H2,1-6H3,(H,19,21). The average Bonchev–Trinajstić information content (AvgIpc) is 2.71. The number of hydrogen-bond donors (Lipinski definition) is 2. The number of aryl methyl sites for hydroxylation is 2. The summed E-state index contributed by atoms with van der Waals surface area (Å²) in [6.45, 7) is 13.6. The third-order valence-electron chi connectivity index (χ3n) is 4.84. The molecule has 0 aliphatic rings. The van der Waals surface area contributed by atoms with E-state index in [1.54, 1.807) is 0 Å². The Morgan fingerprint density at radius 2 is 1.95 bits per heavy atom. The Balaban J connectivity index is 2.18. The van der Waals surface area contributed by atoms with Crippen LogP contribution in [0.25, 0.3) is 10.9 Å². The molecule has 1 aromatic carbocycles. The molecule has 0 fully saturated rings. The van der Waals surface area contributed by atoms with E-state index in [2.05, 4.69) is 51.8 Å². The van der Waals surface area contributed by atoms with Crippen molar-refractivity contribution in [3.05, 3.63) is 35.0 Å². The van der Waals surface area contributed by atoms with Crippen molar-refractivity contribution >= 4 is 16.8 Å². The Hall–Kier alpha value is -1.77. The first kappa shape index (κ1) is 15.6. The van der Waals surface area contributed by atoms with Crippen LogP contribution in [0.3, 0.4) is 0 Å². The Kier molecular flexibility index (Phi) is 4.13. The zero-order chi connectivity index (χ0) is 15.8. The van der Waals surface area contributed by atoms with Gasteiger partial charge >= 0.3 is 0 Å². The molecule has 0 atom stereocenters. The number of benzene rings is 1. The van der Waals surface area contributed by atoms with Gasteiger partial charge in [-0.3, -0.25) is 4.79 Å². The molecule has 0 saturated heterocycles. The normalized spacial score (nSPS) is 12.1. The van der Waals surface area contributed by atoms with Gasteiger partial charge in [-0.1, -0.05) is 27.7 Å². The molecule has 0 aliphatic carbocycles. The van der Waals surface area contributed by atoms with Crippen molar-refractivity contribution in [3.8, 4) is 0 Å². The molecule has 3 nitrogen and oxygen atoms in total. The van der Waals surface area contributed by atoms with Crippen molar-refractivity contribution in [1.29, 1.82) is 0 Å². The molecule has 0 saturated carbocycles. The molecule has 21 heavy (non-hydrogen) atoms. The molecule has 0 bridgehead atoms. The largest absolute Gasteiger partial charge is 0.358 e. The predicted molar refractivity (Wildman–Crippen MR) is 88.7 cm³/mol. The summed E-state index contributed by atoms with van der Waals surface area (Å²) in [4.78, 5) is 15.7. The highest BCUT2D eigenvalue weighted by molar-refractivity contribution is 5.99. The second-order valence-electron chi connectivity index (χ2n) is 6.96. The zero-order valence-electron chi connectivity index (χ0n) is 13.9. The summed E-state index contributed by atoms with van der Waals surface area (Å²) >= 11 is 0. The lowest BCUT2D eigenvalue weighted by Gasteiger charge is -2.29. The van der Waals surface area contributed by atoms with Crippen molar-refractivity contribution in [3.63, 3.8) is 0 Å². The fraction of sp³-hybridized carbons (Fsp3) is 0.500. The lowest BCUT2D eigenvalue weighted by atomic mass is 9.81. The summed E-state index contributed by atoms with van der Waals surface area (Å²) in [6, 6.07) is 5.85. The summed E-state index contributed by atoms with van der Waals surface area (Å²) in [5.41, 5.74) is 4.28. The van der Waals surface area contributed by atoms with Crippen LogP contribution in [0.5, 0.6) is 0 Å². The van der Waals surface area contributed by atoms with Crippen LogP contribution in [0.4, 0.5) is 0 Å². The van der Waals surface area contributed by atoms with Crippen LogP contribution in [0.15, 0.2) is 18.2 Å². The molecule has 0 unspecified atom stereocenters. The molecule has 2 rings (SSSR count). The van der Waals surface area contributed by atoms with Gasteiger partial charge in [0.2, 0.25) is 0 Å². The minimum absolute atomic E-state index is 0.00359. The van der Waals surface area contributed by atoms with Crippen LogP contribution < -0.4 is 5.32 Å². The van der Waals surface area contributed by atoms with Gasteiger partial charge in [-0.25, -0.2) is 0 Å². The number of hydrogen-bond acceptors (Lipinski definition) is 1. The van der Waals surface area contributed by atoms with Gasteiger partial charge in [0.1, 0.15) is 0 Å². The van der Waals surface area contributed by atoms with E-state index in [4.69, 9.17) is 0 Å². The molecule has 1 aromatic heterocycles. The van der Waals surface area contributed by atoms with Crippen molar-refractivity contribution in [1.82, 2.24) is 10.3 Å². The number of aromatic nitrogens is 1. The van der Waals surface area contributed by atoms with Crippen LogP contribution in [0.2, 0.25) is 0 Å². The van der Waals surface area contributed by atoms with Gasteiger partial charge < -0.3 is 10.3 Å². The lowest BCUT2D eigenvalue weighted by molar-refractivity contribution is 0.0925. The number of carbonyl (C=O) groups excluding carboxylic acids is 1. The van der Waals surface area contributed by atoms with E-state index in [1.165, 1.54) is 5.56 Å².